The Bertz CT molecular complexity index is 408. The average Bonchev–Trinajstić information content (AvgIpc) is 2.29. The minimum Gasteiger partial charge on any atom is -0.477 e. The zero-order chi connectivity index (χ0) is 12.3. The van der Waals surface area contributed by atoms with E-state index in [0.29, 0.717) is 13.1 Å². The summed E-state index contributed by atoms with van der Waals surface area (Å²) in [5.41, 5.74) is 0.805. The molecule has 0 saturated carbocycles. The van der Waals surface area contributed by atoms with Gasteiger partial charge < -0.3 is 10.2 Å². The molecule has 2 heterocycles. The van der Waals surface area contributed by atoms with E-state index >= 15 is 0 Å². The minimum atomic E-state index is -1.01. The van der Waals surface area contributed by atoms with Crippen LogP contribution in [0.4, 0.5) is 0 Å². The molecule has 0 radical (unpaired) electrons. The van der Waals surface area contributed by atoms with Crippen LogP contribution in [0.1, 0.15) is 29.0 Å². The normalized spacial score (nSPS) is 21.4. The van der Waals surface area contributed by atoms with E-state index in [-0.39, 0.29) is 11.8 Å². The topological polar surface area (TPSA) is 73.7 Å². The van der Waals surface area contributed by atoms with Crippen LogP contribution in [0.25, 0.3) is 0 Å². The van der Waals surface area contributed by atoms with Gasteiger partial charge in [0.25, 0.3) is 0 Å². The Hall–Kier alpha value is -1.46. The summed E-state index contributed by atoms with van der Waals surface area (Å²) < 4.78 is 0. The van der Waals surface area contributed by atoms with Gasteiger partial charge in [0.2, 0.25) is 0 Å². The summed E-state index contributed by atoms with van der Waals surface area (Å²) >= 11 is 0. The number of carbonyl (C=O) groups is 1. The van der Waals surface area contributed by atoms with E-state index < -0.39 is 5.97 Å². The molecule has 1 aliphatic rings. The maximum absolute atomic E-state index is 10.8. The second-order valence-corrected chi connectivity index (χ2v) is 4.35. The van der Waals surface area contributed by atoms with Crippen molar-refractivity contribution in [3.63, 3.8) is 0 Å². The minimum absolute atomic E-state index is 0.0695. The van der Waals surface area contributed by atoms with Crippen LogP contribution >= 0.6 is 0 Å². The quantitative estimate of drug-likeness (QED) is 0.809. The molecular weight excluding hydrogens is 220 g/mol. The highest BCUT2D eigenvalue weighted by Crippen LogP contribution is 2.12. The third-order valence-electron chi connectivity index (χ3n) is 2.89. The molecule has 1 aliphatic heterocycles. The summed E-state index contributed by atoms with van der Waals surface area (Å²) in [6, 6.07) is 5.00. The van der Waals surface area contributed by atoms with E-state index in [4.69, 9.17) is 5.11 Å². The number of nitrogens with zero attached hydrogens (tertiary/aromatic N) is 2. The molecule has 92 valence electrons. The fraction of sp³-hybridized carbons (Fsp3) is 0.500. The molecule has 0 aromatic carbocycles. The lowest BCUT2D eigenvalue weighted by Crippen LogP contribution is -2.37. The van der Waals surface area contributed by atoms with Crippen molar-refractivity contribution in [2.45, 2.75) is 25.5 Å². The van der Waals surface area contributed by atoms with Gasteiger partial charge in [0.1, 0.15) is 5.69 Å². The van der Waals surface area contributed by atoms with Gasteiger partial charge in [0.05, 0.1) is 11.8 Å². The number of likely N-dealkylation sites (tertiary alicyclic amines) is 1. The van der Waals surface area contributed by atoms with Gasteiger partial charge in [-0.15, -0.1) is 0 Å². The van der Waals surface area contributed by atoms with Crippen LogP contribution in [0.2, 0.25) is 0 Å². The Kier molecular flexibility index (Phi) is 3.71. The maximum atomic E-state index is 10.8. The van der Waals surface area contributed by atoms with E-state index in [9.17, 15) is 9.90 Å². The lowest BCUT2D eigenvalue weighted by molar-refractivity contribution is 0.0650. The highest BCUT2D eigenvalue weighted by atomic mass is 16.4. The van der Waals surface area contributed by atoms with E-state index in [1.807, 2.05) is 6.07 Å². The molecule has 0 amide bonds. The molecule has 1 aromatic rings. The van der Waals surface area contributed by atoms with Crippen molar-refractivity contribution >= 4 is 5.97 Å². The number of aromatic nitrogens is 1. The van der Waals surface area contributed by atoms with Crippen LogP contribution in [-0.4, -0.2) is 45.3 Å². The van der Waals surface area contributed by atoms with Gasteiger partial charge in [0.15, 0.2) is 0 Å². The molecule has 2 rings (SSSR count). The van der Waals surface area contributed by atoms with Crippen molar-refractivity contribution in [3.05, 3.63) is 29.6 Å². The monoisotopic (exact) mass is 236 g/mol. The molecule has 1 unspecified atom stereocenters. The van der Waals surface area contributed by atoms with Crippen molar-refractivity contribution < 1.29 is 15.0 Å². The summed E-state index contributed by atoms with van der Waals surface area (Å²) in [7, 11) is 0. The van der Waals surface area contributed by atoms with E-state index in [1.165, 1.54) is 6.07 Å². The van der Waals surface area contributed by atoms with Gasteiger partial charge in [-0.1, -0.05) is 6.07 Å². The lowest BCUT2D eigenvalue weighted by Gasteiger charge is -2.29. The third-order valence-corrected chi connectivity index (χ3v) is 2.89. The number of piperidine rings is 1. The van der Waals surface area contributed by atoms with Gasteiger partial charge in [0, 0.05) is 13.1 Å². The van der Waals surface area contributed by atoms with Gasteiger partial charge in [-0.2, -0.15) is 0 Å². The number of aliphatic hydroxyl groups excluding tert-OH is 1. The van der Waals surface area contributed by atoms with Crippen molar-refractivity contribution in [2.75, 3.05) is 13.1 Å². The Morgan fingerprint density at radius 2 is 2.35 bits per heavy atom. The number of hydrogen-bond donors (Lipinski definition) is 2. The molecule has 17 heavy (non-hydrogen) atoms. The van der Waals surface area contributed by atoms with Crippen LogP contribution in [0, 0.1) is 0 Å². The van der Waals surface area contributed by atoms with Crippen LogP contribution in [0.5, 0.6) is 0 Å². The Morgan fingerprint density at radius 1 is 1.53 bits per heavy atom. The predicted octanol–water partition coefficient (Wildman–Crippen LogP) is 0.736. The van der Waals surface area contributed by atoms with Crippen LogP contribution in [0.3, 0.4) is 0 Å². The number of carboxylic acid groups (broad SMARTS) is 1. The highest BCUT2D eigenvalue weighted by molar-refractivity contribution is 5.85. The van der Waals surface area contributed by atoms with Crippen molar-refractivity contribution in [3.8, 4) is 0 Å². The number of carboxylic acids is 1. The average molecular weight is 236 g/mol. The first-order valence-electron chi connectivity index (χ1n) is 5.75. The first kappa shape index (κ1) is 12.0. The van der Waals surface area contributed by atoms with Crippen molar-refractivity contribution in [1.82, 2.24) is 9.88 Å². The fourth-order valence-corrected chi connectivity index (χ4v) is 2.09. The first-order chi connectivity index (χ1) is 8.15. The van der Waals surface area contributed by atoms with Gasteiger partial charge in [-0.05, 0) is 31.5 Å². The fourth-order valence-electron chi connectivity index (χ4n) is 2.09. The number of rotatable bonds is 3. The summed E-state index contributed by atoms with van der Waals surface area (Å²) in [5.74, 6) is -1.01. The molecule has 5 heteroatoms. The molecule has 0 spiro atoms. The summed E-state index contributed by atoms with van der Waals surface area (Å²) in [6.07, 6.45) is 1.55. The molecule has 2 N–H and O–H groups in total. The predicted molar refractivity (Wildman–Crippen MR) is 61.7 cm³/mol. The zero-order valence-corrected chi connectivity index (χ0v) is 9.54. The Labute approximate surface area is 99.7 Å². The molecule has 0 bridgehead atoms. The van der Waals surface area contributed by atoms with Gasteiger partial charge in [-0.25, -0.2) is 9.78 Å². The number of pyridine rings is 1. The van der Waals surface area contributed by atoms with Crippen LogP contribution in [0.15, 0.2) is 18.2 Å². The lowest BCUT2D eigenvalue weighted by atomic mass is 10.1. The van der Waals surface area contributed by atoms with E-state index in [0.717, 1.165) is 25.1 Å². The van der Waals surface area contributed by atoms with Crippen LogP contribution < -0.4 is 0 Å². The molecule has 0 aliphatic carbocycles. The maximum Gasteiger partial charge on any atom is 0.354 e. The second-order valence-electron chi connectivity index (χ2n) is 4.35. The molecule has 1 atom stereocenters. The summed E-state index contributed by atoms with van der Waals surface area (Å²) in [5, 5.41) is 18.4. The number of β-amino-alcohol motifs (C(OH)–C–C–N with tert-alkyl or cyclic N) is 1. The second kappa shape index (κ2) is 5.25. The number of aromatic carboxylic acids is 1. The van der Waals surface area contributed by atoms with Crippen molar-refractivity contribution in [1.29, 1.82) is 0 Å². The van der Waals surface area contributed by atoms with Gasteiger partial charge in [-0.3, -0.25) is 4.90 Å². The number of aliphatic hydroxyl groups is 1. The molecule has 5 nitrogen and oxygen atoms in total. The zero-order valence-electron chi connectivity index (χ0n) is 9.54. The molecule has 1 fully saturated rings. The van der Waals surface area contributed by atoms with E-state index in [1.54, 1.807) is 6.07 Å². The molecule has 1 aromatic heterocycles. The SMILES string of the molecule is O=C(O)c1cccc(CN2CCCC(O)C2)n1. The summed E-state index contributed by atoms with van der Waals surface area (Å²) in [6.45, 7) is 2.16. The standard InChI is InChI=1S/C12H16N2O3/c15-10-4-2-6-14(8-10)7-9-3-1-5-11(13-9)12(16)17/h1,3,5,10,15H,2,4,6-8H2,(H,16,17). The first-order valence-corrected chi connectivity index (χ1v) is 5.75. The van der Waals surface area contributed by atoms with Crippen molar-refractivity contribution in [2.24, 2.45) is 0 Å². The smallest absolute Gasteiger partial charge is 0.354 e. The Morgan fingerprint density at radius 3 is 3.06 bits per heavy atom. The van der Waals surface area contributed by atoms with Gasteiger partial charge >= 0.3 is 5.97 Å². The molecular formula is C12H16N2O3. The Balaban J connectivity index is 2.02. The summed E-state index contributed by atoms with van der Waals surface area (Å²) in [4.78, 5) is 16.9. The van der Waals surface area contributed by atoms with E-state index in [2.05, 4.69) is 9.88 Å². The highest BCUT2D eigenvalue weighted by Gasteiger charge is 2.18. The largest absolute Gasteiger partial charge is 0.477 e. The third kappa shape index (κ3) is 3.25. The molecule has 1 saturated heterocycles. The van der Waals surface area contributed by atoms with Crippen LogP contribution in [-0.2, 0) is 6.54 Å². The number of hydrogen-bond acceptors (Lipinski definition) is 4.